The van der Waals surface area contributed by atoms with Crippen molar-refractivity contribution in [2.75, 3.05) is 0 Å². The minimum atomic E-state index is -0.142. The first-order valence-corrected chi connectivity index (χ1v) is 9.23. The first-order chi connectivity index (χ1) is 12.1. The summed E-state index contributed by atoms with van der Waals surface area (Å²) in [5.41, 5.74) is 3.83. The first kappa shape index (κ1) is 16.0. The van der Waals surface area contributed by atoms with E-state index in [0.29, 0.717) is 0 Å². The van der Waals surface area contributed by atoms with Crippen LogP contribution < -0.4 is 0 Å². The monoisotopic (exact) mass is 346 g/mol. The average Bonchev–Trinajstić information content (AvgIpc) is 2.99. The van der Waals surface area contributed by atoms with Crippen LogP contribution in [0.5, 0.6) is 0 Å². The van der Waals surface area contributed by atoms with Crippen molar-refractivity contribution in [1.29, 1.82) is 0 Å². The van der Waals surface area contributed by atoms with Crippen molar-refractivity contribution >= 4 is 17.5 Å². The van der Waals surface area contributed by atoms with Gasteiger partial charge in [0.25, 0.3) is 0 Å². The van der Waals surface area contributed by atoms with Crippen molar-refractivity contribution < 1.29 is 4.79 Å². The number of thioether (sulfide) groups is 1. The summed E-state index contributed by atoms with van der Waals surface area (Å²) in [5.74, 6) is 0.999. The smallest absolute Gasteiger partial charge is 0.176 e. The third-order valence-corrected chi connectivity index (χ3v) is 6.01. The standard InChI is InChI=1S/C21H18N2OS/c1-13-17-14(2)22-20(16-11-7-4-8-12-16)23-21(17)25-19(13)18(24)15-9-5-3-6-10-15/h3-13,19H,1-2H3. The fraction of sp³-hybridized carbons (Fsp3) is 0.190. The van der Waals surface area contributed by atoms with E-state index in [1.165, 1.54) is 0 Å². The molecule has 0 saturated carbocycles. The van der Waals surface area contributed by atoms with E-state index in [1.807, 2.05) is 67.6 Å². The van der Waals surface area contributed by atoms with Crippen molar-refractivity contribution in [3.63, 3.8) is 0 Å². The van der Waals surface area contributed by atoms with Crippen LogP contribution in [0, 0.1) is 6.92 Å². The van der Waals surface area contributed by atoms with E-state index in [0.717, 1.165) is 33.2 Å². The van der Waals surface area contributed by atoms with Crippen LogP contribution in [0.2, 0.25) is 0 Å². The maximum absolute atomic E-state index is 12.9. The topological polar surface area (TPSA) is 42.9 Å². The molecule has 25 heavy (non-hydrogen) atoms. The molecule has 2 heterocycles. The molecule has 1 aliphatic heterocycles. The number of fused-ring (bicyclic) bond motifs is 1. The number of aryl methyl sites for hydroxylation is 1. The zero-order valence-electron chi connectivity index (χ0n) is 14.1. The number of Topliss-reactive ketones (excluding diaryl/α,β-unsaturated/α-hetero) is 1. The van der Waals surface area contributed by atoms with E-state index in [-0.39, 0.29) is 17.0 Å². The second-order valence-electron chi connectivity index (χ2n) is 6.27. The molecule has 0 aliphatic carbocycles. The van der Waals surface area contributed by atoms with Gasteiger partial charge in [-0.25, -0.2) is 9.97 Å². The number of rotatable bonds is 3. The number of carbonyl (C=O) groups is 1. The molecule has 2 aromatic carbocycles. The van der Waals surface area contributed by atoms with Crippen molar-refractivity contribution in [2.24, 2.45) is 0 Å². The highest BCUT2D eigenvalue weighted by Gasteiger charge is 2.38. The molecular formula is C21H18N2OS. The third kappa shape index (κ3) is 2.87. The molecule has 0 radical (unpaired) electrons. The first-order valence-electron chi connectivity index (χ1n) is 8.35. The third-order valence-electron chi connectivity index (χ3n) is 4.60. The highest BCUT2D eigenvalue weighted by atomic mass is 32.2. The molecule has 0 bridgehead atoms. The van der Waals surface area contributed by atoms with Gasteiger partial charge in [0, 0.05) is 28.3 Å². The largest absolute Gasteiger partial charge is 0.293 e. The van der Waals surface area contributed by atoms with E-state index in [9.17, 15) is 4.79 Å². The van der Waals surface area contributed by atoms with Gasteiger partial charge in [0.05, 0.1) is 5.25 Å². The Balaban J connectivity index is 1.71. The molecule has 0 N–H and O–H groups in total. The lowest BCUT2D eigenvalue weighted by atomic mass is 9.93. The Bertz CT molecular complexity index is 925. The highest BCUT2D eigenvalue weighted by Crippen LogP contribution is 2.47. The van der Waals surface area contributed by atoms with Crippen LogP contribution in [0.1, 0.15) is 34.5 Å². The summed E-state index contributed by atoms with van der Waals surface area (Å²) in [5, 5.41) is 0.796. The Kier molecular flexibility index (Phi) is 4.14. The number of aromatic nitrogens is 2. The molecular weight excluding hydrogens is 328 g/mol. The van der Waals surface area contributed by atoms with E-state index >= 15 is 0 Å². The van der Waals surface area contributed by atoms with E-state index in [1.54, 1.807) is 11.8 Å². The Morgan fingerprint density at radius 3 is 2.28 bits per heavy atom. The molecule has 0 spiro atoms. The maximum atomic E-state index is 12.9. The van der Waals surface area contributed by atoms with Crippen LogP contribution in [0.3, 0.4) is 0 Å². The van der Waals surface area contributed by atoms with Crippen molar-refractivity contribution in [2.45, 2.75) is 30.0 Å². The van der Waals surface area contributed by atoms with Crippen LogP contribution in [0.25, 0.3) is 11.4 Å². The van der Waals surface area contributed by atoms with Gasteiger partial charge in [-0.05, 0) is 6.92 Å². The molecule has 3 aromatic rings. The van der Waals surface area contributed by atoms with Crippen LogP contribution >= 0.6 is 11.8 Å². The van der Waals surface area contributed by atoms with Gasteiger partial charge in [0.1, 0.15) is 5.03 Å². The summed E-state index contributed by atoms with van der Waals surface area (Å²) >= 11 is 1.57. The number of carbonyl (C=O) groups excluding carboxylic acids is 1. The lowest BCUT2D eigenvalue weighted by molar-refractivity contribution is 0.0984. The molecule has 124 valence electrons. The molecule has 1 aromatic heterocycles. The second kappa shape index (κ2) is 6.45. The molecule has 4 heteroatoms. The Morgan fingerprint density at radius 1 is 0.960 bits per heavy atom. The van der Waals surface area contributed by atoms with Gasteiger partial charge < -0.3 is 0 Å². The lowest BCUT2D eigenvalue weighted by Crippen LogP contribution is -2.20. The molecule has 3 nitrogen and oxygen atoms in total. The van der Waals surface area contributed by atoms with Crippen LogP contribution in [-0.4, -0.2) is 21.0 Å². The number of ketones is 1. The predicted octanol–water partition coefficient (Wildman–Crippen LogP) is 4.91. The minimum Gasteiger partial charge on any atom is -0.293 e. The zero-order chi connectivity index (χ0) is 17.4. The molecule has 1 aliphatic rings. The van der Waals surface area contributed by atoms with E-state index in [2.05, 4.69) is 6.92 Å². The minimum absolute atomic E-state index is 0.109. The van der Waals surface area contributed by atoms with Gasteiger partial charge in [-0.3, -0.25) is 4.79 Å². The summed E-state index contributed by atoms with van der Waals surface area (Å²) in [6.07, 6.45) is 0. The number of nitrogens with zero attached hydrogens (tertiary/aromatic N) is 2. The van der Waals surface area contributed by atoms with Gasteiger partial charge in [-0.15, -0.1) is 0 Å². The Hall–Kier alpha value is -2.46. The summed E-state index contributed by atoms with van der Waals surface area (Å²) in [6.45, 7) is 4.11. The number of hydrogen-bond donors (Lipinski definition) is 0. The van der Waals surface area contributed by atoms with Gasteiger partial charge in [0.2, 0.25) is 0 Å². The molecule has 0 amide bonds. The molecule has 0 fully saturated rings. The van der Waals surface area contributed by atoms with Crippen molar-refractivity contribution in [3.05, 3.63) is 77.5 Å². The normalized spacial score (nSPS) is 18.8. The van der Waals surface area contributed by atoms with Crippen molar-refractivity contribution in [3.8, 4) is 11.4 Å². The number of hydrogen-bond acceptors (Lipinski definition) is 4. The lowest BCUT2D eigenvalue weighted by Gasteiger charge is -2.14. The van der Waals surface area contributed by atoms with Crippen molar-refractivity contribution in [1.82, 2.24) is 9.97 Å². The van der Waals surface area contributed by atoms with Crippen LogP contribution in [0.15, 0.2) is 65.7 Å². The molecule has 4 rings (SSSR count). The van der Waals surface area contributed by atoms with Gasteiger partial charge in [-0.1, -0.05) is 79.3 Å². The van der Waals surface area contributed by atoms with Gasteiger partial charge >= 0.3 is 0 Å². The molecule has 2 unspecified atom stereocenters. The van der Waals surface area contributed by atoms with Crippen LogP contribution in [-0.2, 0) is 0 Å². The summed E-state index contributed by atoms with van der Waals surface area (Å²) in [7, 11) is 0. The Labute approximate surface area is 151 Å². The number of benzene rings is 2. The Morgan fingerprint density at radius 2 is 1.60 bits per heavy atom. The summed E-state index contributed by atoms with van der Waals surface area (Å²) in [6, 6.07) is 19.5. The van der Waals surface area contributed by atoms with Crippen LogP contribution in [0.4, 0.5) is 0 Å². The maximum Gasteiger partial charge on any atom is 0.176 e. The fourth-order valence-electron chi connectivity index (χ4n) is 3.31. The summed E-state index contributed by atoms with van der Waals surface area (Å²) < 4.78 is 0. The average molecular weight is 346 g/mol. The SMILES string of the molecule is Cc1nc(-c2ccccc2)nc2c1C(C)C(C(=O)c1ccccc1)S2. The predicted molar refractivity (Wildman–Crippen MR) is 101 cm³/mol. The zero-order valence-corrected chi connectivity index (χ0v) is 15.0. The summed E-state index contributed by atoms with van der Waals surface area (Å²) in [4.78, 5) is 22.4. The van der Waals surface area contributed by atoms with Gasteiger partial charge in [-0.2, -0.15) is 0 Å². The molecule has 0 saturated heterocycles. The highest BCUT2D eigenvalue weighted by molar-refractivity contribution is 8.01. The molecule has 2 atom stereocenters. The quantitative estimate of drug-likeness (QED) is 0.499. The van der Waals surface area contributed by atoms with Gasteiger partial charge in [0.15, 0.2) is 11.6 Å². The van der Waals surface area contributed by atoms with E-state index in [4.69, 9.17) is 9.97 Å². The van der Waals surface area contributed by atoms with E-state index < -0.39 is 0 Å². The second-order valence-corrected chi connectivity index (χ2v) is 7.41. The fourth-order valence-corrected chi connectivity index (χ4v) is 4.73.